The van der Waals surface area contributed by atoms with Crippen LogP contribution in [-0.4, -0.2) is 11.8 Å². The third-order valence-corrected chi connectivity index (χ3v) is 4.01. The number of carbonyl (C=O) groups excluding carboxylic acids is 2. The normalized spacial score (nSPS) is 17.6. The number of ketones is 1. The van der Waals surface area contributed by atoms with E-state index in [1.54, 1.807) is 30.3 Å². The van der Waals surface area contributed by atoms with Crippen molar-refractivity contribution in [3.8, 4) is 5.75 Å². The Labute approximate surface area is 124 Å². The van der Waals surface area contributed by atoms with Crippen molar-refractivity contribution in [2.75, 3.05) is 0 Å². The molecular weight excluding hydrogens is 320 g/mol. The summed E-state index contributed by atoms with van der Waals surface area (Å²) in [5, 5.41) is 0. The topological polar surface area (TPSA) is 43.4 Å². The van der Waals surface area contributed by atoms with Gasteiger partial charge in [-0.3, -0.25) is 9.59 Å². The standard InChI is InChI=1S/C16H11BrO3/c1-9-6-7-10(12(17)8-9)14-15(18)11-4-2-3-5-13(11)20-16(14)19/h2-8,14H,1H3. The molecule has 0 bridgehead atoms. The molecule has 1 aliphatic rings. The molecule has 1 atom stereocenters. The van der Waals surface area contributed by atoms with Crippen LogP contribution in [0.3, 0.4) is 0 Å². The van der Waals surface area contributed by atoms with Crippen molar-refractivity contribution < 1.29 is 14.3 Å². The highest BCUT2D eigenvalue weighted by molar-refractivity contribution is 9.10. The number of para-hydroxylation sites is 1. The fourth-order valence-corrected chi connectivity index (χ4v) is 3.05. The zero-order chi connectivity index (χ0) is 14.3. The van der Waals surface area contributed by atoms with Crippen LogP contribution in [0.4, 0.5) is 0 Å². The first-order chi connectivity index (χ1) is 9.58. The summed E-state index contributed by atoms with van der Waals surface area (Å²) < 4.78 is 6.02. The molecule has 0 N–H and O–H groups in total. The van der Waals surface area contributed by atoms with Crippen LogP contribution in [-0.2, 0) is 4.79 Å². The fraction of sp³-hybridized carbons (Fsp3) is 0.125. The fourth-order valence-electron chi connectivity index (χ4n) is 2.32. The molecule has 100 valence electrons. The van der Waals surface area contributed by atoms with Gasteiger partial charge in [-0.05, 0) is 36.2 Å². The molecule has 3 nitrogen and oxygen atoms in total. The van der Waals surface area contributed by atoms with Crippen molar-refractivity contribution in [2.45, 2.75) is 12.8 Å². The lowest BCUT2D eigenvalue weighted by Crippen LogP contribution is -2.31. The highest BCUT2D eigenvalue weighted by Crippen LogP contribution is 2.36. The van der Waals surface area contributed by atoms with Crippen LogP contribution in [0.2, 0.25) is 0 Å². The Morgan fingerprint density at radius 2 is 1.85 bits per heavy atom. The summed E-state index contributed by atoms with van der Waals surface area (Å²) in [7, 11) is 0. The van der Waals surface area contributed by atoms with Gasteiger partial charge in [0.25, 0.3) is 0 Å². The second-order valence-electron chi connectivity index (χ2n) is 4.74. The molecule has 0 fully saturated rings. The van der Waals surface area contributed by atoms with Crippen molar-refractivity contribution in [2.24, 2.45) is 0 Å². The van der Waals surface area contributed by atoms with E-state index in [0.29, 0.717) is 16.9 Å². The Morgan fingerprint density at radius 3 is 2.60 bits per heavy atom. The minimum absolute atomic E-state index is 0.221. The van der Waals surface area contributed by atoms with Crippen LogP contribution in [0.15, 0.2) is 46.9 Å². The second kappa shape index (κ2) is 4.87. The summed E-state index contributed by atoms with van der Waals surface area (Å²) in [4.78, 5) is 24.7. The monoisotopic (exact) mass is 330 g/mol. The number of benzene rings is 2. The number of ether oxygens (including phenoxy) is 1. The van der Waals surface area contributed by atoms with Gasteiger partial charge in [-0.15, -0.1) is 0 Å². The highest BCUT2D eigenvalue weighted by atomic mass is 79.9. The molecule has 1 aliphatic heterocycles. The van der Waals surface area contributed by atoms with E-state index in [9.17, 15) is 9.59 Å². The van der Waals surface area contributed by atoms with E-state index in [1.165, 1.54) is 0 Å². The number of hydrogen-bond donors (Lipinski definition) is 0. The molecule has 1 unspecified atom stereocenters. The maximum absolute atomic E-state index is 12.5. The van der Waals surface area contributed by atoms with E-state index in [-0.39, 0.29) is 5.78 Å². The van der Waals surface area contributed by atoms with E-state index in [2.05, 4.69) is 15.9 Å². The number of esters is 1. The quantitative estimate of drug-likeness (QED) is 0.455. The molecule has 20 heavy (non-hydrogen) atoms. The number of carbonyl (C=O) groups is 2. The zero-order valence-electron chi connectivity index (χ0n) is 10.7. The van der Waals surface area contributed by atoms with Gasteiger partial charge in [0.2, 0.25) is 0 Å². The number of fused-ring (bicyclic) bond motifs is 1. The first-order valence-electron chi connectivity index (χ1n) is 6.19. The summed E-state index contributed by atoms with van der Waals surface area (Å²) in [6, 6.07) is 12.4. The average molecular weight is 331 g/mol. The lowest BCUT2D eigenvalue weighted by atomic mass is 9.88. The lowest BCUT2D eigenvalue weighted by Gasteiger charge is -2.23. The molecule has 0 radical (unpaired) electrons. The van der Waals surface area contributed by atoms with Crippen LogP contribution in [0.25, 0.3) is 0 Å². The number of aryl methyl sites for hydroxylation is 1. The van der Waals surface area contributed by atoms with Gasteiger partial charge in [0.05, 0.1) is 5.56 Å². The van der Waals surface area contributed by atoms with Gasteiger partial charge in [0.1, 0.15) is 11.7 Å². The molecule has 0 spiro atoms. The van der Waals surface area contributed by atoms with Gasteiger partial charge in [-0.2, -0.15) is 0 Å². The average Bonchev–Trinajstić information content (AvgIpc) is 2.41. The first kappa shape index (κ1) is 13.1. The first-order valence-corrected chi connectivity index (χ1v) is 6.98. The summed E-state index contributed by atoms with van der Waals surface area (Å²) in [6.45, 7) is 1.95. The van der Waals surface area contributed by atoms with Crippen LogP contribution in [0, 0.1) is 6.92 Å². The SMILES string of the molecule is Cc1ccc(C2C(=O)Oc3ccccc3C2=O)c(Br)c1. The summed E-state index contributed by atoms with van der Waals surface area (Å²) in [5.41, 5.74) is 2.14. The van der Waals surface area contributed by atoms with E-state index < -0.39 is 11.9 Å². The Bertz CT molecular complexity index is 721. The molecule has 2 aromatic carbocycles. The summed E-state index contributed by atoms with van der Waals surface area (Å²) in [6.07, 6.45) is 0. The van der Waals surface area contributed by atoms with E-state index in [1.807, 2.05) is 19.1 Å². The smallest absolute Gasteiger partial charge is 0.326 e. The summed E-state index contributed by atoms with van der Waals surface area (Å²) in [5.74, 6) is -1.32. The summed E-state index contributed by atoms with van der Waals surface area (Å²) >= 11 is 3.42. The lowest BCUT2D eigenvalue weighted by molar-refractivity contribution is -0.135. The van der Waals surface area contributed by atoms with Crippen molar-refractivity contribution in [1.29, 1.82) is 0 Å². The van der Waals surface area contributed by atoms with Crippen LogP contribution >= 0.6 is 15.9 Å². The van der Waals surface area contributed by atoms with Crippen LogP contribution in [0.1, 0.15) is 27.4 Å². The van der Waals surface area contributed by atoms with Crippen molar-refractivity contribution >= 4 is 27.7 Å². The second-order valence-corrected chi connectivity index (χ2v) is 5.59. The minimum Gasteiger partial charge on any atom is -0.425 e. The van der Waals surface area contributed by atoms with Gasteiger partial charge in [-0.1, -0.05) is 40.2 Å². The number of halogens is 1. The van der Waals surface area contributed by atoms with E-state index in [4.69, 9.17) is 4.74 Å². The molecule has 0 saturated carbocycles. The zero-order valence-corrected chi connectivity index (χ0v) is 12.3. The molecule has 2 aromatic rings. The van der Waals surface area contributed by atoms with Gasteiger partial charge >= 0.3 is 5.97 Å². The van der Waals surface area contributed by atoms with Crippen molar-refractivity contribution in [3.63, 3.8) is 0 Å². The molecule has 3 rings (SSSR count). The number of hydrogen-bond acceptors (Lipinski definition) is 3. The predicted molar refractivity (Wildman–Crippen MR) is 78.0 cm³/mol. The third-order valence-electron chi connectivity index (χ3n) is 3.33. The van der Waals surface area contributed by atoms with Gasteiger partial charge in [0, 0.05) is 4.47 Å². The molecular formula is C16H11BrO3. The van der Waals surface area contributed by atoms with Crippen molar-refractivity contribution in [1.82, 2.24) is 0 Å². The number of rotatable bonds is 1. The van der Waals surface area contributed by atoms with Crippen LogP contribution < -0.4 is 4.74 Å². The maximum atomic E-state index is 12.5. The van der Waals surface area contributed by atoms with Crippen LogP contribution in [0.5, 0.6) is 5.75 Å². The predicted octanol–water partition coefficient (Wildman–Crippen LogP) is 3.64. The maximum Gasteiger partial charge on any atom is 0.326 e. The highest BCUT2D eigenvalue weighted by Gasteiger charge is 2.38. The molecule has 0 saturated heterocycles. The van der Waals surface area contributed by atoms with E-state index in [0.717, 1.165) is 10.0 Å². The van der Waals surface area contributed by atoms with Gasteiger partial charge in [0.15, 0.2) is 5.78 Å². The Balaban J connectivity index is 2.11. The van der Waals surface area contributed by atoms with Crippen molar-refractivity contribution in [3.05, 3.63) is 63.6 Å². The molecule has 4 heteroatoms. The molecule has 0 aliphatic carbocycles. The molecule has 0 aromatic heterocycles. The Hall–Kier alpha value is -1.94. The Kier molecular flexibility index (Phi) is 3.18. The number of Topliss-reactive ketones (excluding diaryl/α,β-unsaturated/α-hetero) is 1. The minimum atomic E-state index is -0.903. The van der Waals surface area contributed by atoms with Gasteiger partial charge < -0.3 is 4.74 Å². The van der Waals surface area contributed by atoms with Gasteiger partial charge in [-0.25, -0.2) is 0 Å². The Morgan fingerprint density at radius 1 is 1.10 bits per heavy atom. The molecule has 0 amide bonds. The van der Waals surface area contributed by atoms with E-state index >= 15 is 0 Å². The molecule has 1 heterocycles. The largest absolute Gasteiger partial charge is 0.425 e. The third kappa shape index (κ3) is 2.06.